The van der Waals surface area contributed by atoms with E-state index in [2.05, 4.69) is 43.1 Å². The molecule has 0 aliphatic carbocycles. The molecule has 1 N–H and O–H groups in total. The number of nitrogens with one attached hydrogen (secondary N) is 1. The van der Waals surface area contributed by atoms with Crippen LogP contribution in [-0.2, 0) is 0 Å². The number of fused-ring (bicyclic) bond motifs is 1. The van der Waals surface area contributed by atoms with E-state index in [0.29, 0.717) is 17.5 Å². The molecular weight excluding hydrogens is 418 g/mol. The lowest BCUT2D eigenvalue weighted by molar-refractivity contribution is 0.0715. The minimum Gasteiger partial charge on any atom is -0.340 e. The van der Waals surface area contributed by atoms with Crippen LogP contribution in [0.5, 0.6) is 0 Å². The standard InChI is InChI=1S/C27H26ClN3O/c1-16-8-10-19(11-9-16)20-6-4-5-7-21(20)27(32)31-13-12-17(2)25(31)26-29-23-14-18(3)22(28)15-24(23)30-26/h4-11,14-15,17,25H,12-13H2,1-3H3,(H,29,30)/t17-,25-/m0/s1. The van der Waals surface area contributed by atoms with Gasteiger partial charge < -0.3 is 9.88 Å². The van der Waals surface area contributed by atoms with Gasteiger partial charge in [0.05, 0.1) is 17.1 Å². The molecule has 2 atom stereocenters. The van der Waals surface area contributed by atoms with E-state index in [4.69, 9.17) is 16.6 Å². The third-order valence-corrected chi connectivity index (χ3v) is 6.95. The monoisotopic (exact) mass is 443 g/mol. The van der Waals surface area contributed by atoms with Gasteiger partial charge in [0.1, 0.15) is 5.82 Å². The second-order valence-corrected chi connectivity index (χ2v) is 9.27. The maximum Gasteiger partial charge on any atom is 0.255 e. The highest BCUT2D eigenvalue weighted by atomic mass is 35.5. The molecule has 1 fully saturated rings. The minimum atomic E-state index is -0.0972. The molecule has 0 radical (unpaired) electrons. The number of nitrogens with zero attached hydrogens (tertiary/aromatic N) is 2. The molecule has 4 nitrogen and oxygen atoms in total. The minimum absolute atomic E-state index is 0.0465. The van der Waals surface area contributed by atoms with Crippen LogP contribution < -0.4 is 0 Å². The molecule has 1 aliphatic heterocycles. The zero-order valence-electron chi connectivity index (χ0n) is 18.5. The van der Waals surface area contributed by atoms with Crippen molar-refractivity contribution >= 4 is 28.5 Å². The molecule has 0 bridgehead atoms. The summed E-state index contributed by atoms with van der Waals surface area (Å²) in [6, 6.07) is 20.0. The number of hydrogen-bond donors (Lipinski definition) is 1. The van der Waals surface area contributed by atoms with Crippen LogP contribution >= 0.6 is 11.6 Å². The number of aromatic amines is 1. The molecule has 1 amide bonds. The van der Waals surface area contributed by atoms with Crippen molar-refractivity contribution in [2.24, 2.45) is 5.92 Å². The summed E-state index contributed by atoms with van der Waals surface area (Å²) in [4.78, 5) is 24.1. The van der Waals surface area contributed by atoms with Gasteiger partial charge in [-0.15, -0.1) is 0 Å². The van der Waals surface area contributed by atoms with Crippen LogP contribution in [0.25, 0.3) is 22.2 Å². The zero-order chi connectivity index (χ0) is 22.4. The van der Waals surface area contributed by atoms with Crippen LogP contribution in [0.15, 0.2) is 60.7 Å². The third-order valence-electron chi connectivity index (χ3n) is 6.54. The van der Waals surface area contributed by atoms with Gasteiger partial charge in [-0.05, 0) is 61.1 Å². The summed E-state index contributed by atoms with van der Waals surface area (Å²) < 4.78 is 0. The fourth-order valence-corrected chi connectivity index (χ4v) is 4.86. The number of likely N-dealkylation sites (tertiary alicyclic amines) is 1. The first-order chi connectivity index (χ1) is 15.4. The number of H-pyrrole nitrogens is 1. The van der Waals surface area contributed by atoms with E-state index >= 15 is 0 Å². The molecule has 0 saturated carbocycles. The number of hydrogen-bond acceptors (Lipinski definition) is 2. The van der Waals surface area contributed by atoms with Crippen molar-refractivity contribution in [3.63, 3.8) is 0 Å². The van der Waals surface area contributed by atoms with Crippen molar-refractivity contribution in [1.82, 2.24) is 14.9 Å². The number of carbonyl (C=O) groups excluding carboxylic acids is 1. The highest BCUT2D eigenvalue weighted by molar-refractivity contribution is 6.32. The lowest BCUT2D eigenvalue weighted by Gasteiger charge is -2.26. The first kappa shape index (κ1) is 20.8. The van der Waals surface area contributed by atoms with Gasteiger partial charge in [0.2, 0.25) is 0 Å². The number of aryl methyl sites for hydroxylation is 2. The van der Waals surface area contributed by atoms with Crippen LogP contribution in [-0.4, -0.2) is 27.3 Å². The maximum atomic E-state index is 13.8. The SMILES string of the molecule is Cc1ccc(-c2ccccc2C(=O)N2CC[C@H](C)[C@H]2c2nc3cc(Cl)c(C)cc3[nH]2)cc1. The third kappa shape index (κ3) is 3.59. The summed E-state index contributed by atoms with van der Waals surface area (Å²) in [5, 5.41) is 0.704. The Morgan fingerprint density at radius 2 is 1.84 bits per heavy atom. The highest BCUT2D eigenvalue weighted by Gasteiger charge is 2.38. The van der Waals surface area contributed by atoms with Crippen LogP contribution in [0, 0.1) is 19.8 Å². The van der Waals surface area contributed by atoms with E-state index in [1.807, 2.05) is 48.2 Å². The molecule has 4 aromatic rings. The van der Waals surface area contributed by atoms with E-state index in [1.54, 1.807) is 0 Å². The summed E-state index contributed by atoms with van der Waals surface area (Å²) in [6.07, 6.45) is 0.944. The van der Waals surface area contributed by atoms with Gasteiger partial charge in [-0.3, -0.25) is 4.79 Å². The molecule has 1 aromatic heterocycles. The van der Waals surface area contributed by atoms with Crippen LogP contribution in [0.2, 0.25) is 5.02 Å². The number of amides is 1. The molecule has 162 valence electrons. The van der Waals surface area contributed by atoms with Gasteiger partial charge in [-0.2, -0.15) is 0 Å². The van der Waals surface area contributed by atoms with E-state index in [-0.39, 0.29) is 11.9 Å². The number of imidazole rings is 1. The Labute approximate surface area is 193 Å². The van der Waals surface area contributed by atoms with Gasteiger partial charge in [-0.25, -0.2) is 4.98 Å². The summed E-state index contributed by atoms with van der Waals surface area (Å²) in [7, 11) is 0. The van der Waals surface area contributed by atoms with Crippen molar-refractivity contribution in [2.75, 3.05) is 6.54 Å². The fourth-order valence-electron chi connectivity index (χ4n) is 4.70. The number of rotatable bonds is 3. The first-order valence-corrected chi connectivity index (χ1v) is 11.4. The highest BCUT2D eigenvalue weighted by Crippen LogP contribution is 2.39. The summed E-state index contributed by atoms with van der Waals surface area (Å²) in [5.41, 5.74) is 6.74. The van der Waals surface area contributed by atoms with Crippen molar-refractivity contribution in [3.8, 4) is 11.1 Å². The molecule has 1 aliphatic rings. The van der Waals surface area contributed by atoms with Gasteiger partial charge >= 0.3 is 0 Å². The predicted molar refractivity (Wildman–Crippen MR) is 130 cm³/mol. The predicted octanol–water partition coefficient (Wildman–Crippen LogP) is 6.72. The van der Waals surface area contributed by atoms with Gasteiger partial charge in [0.15, 0.2) is 0 Å². The number of carbonyl (C=O) groups is 1. The van der Waals surface area contributed by atoms with Crippen LogP contribution in [0.4, 0.5) is 0 Å². The molecule has 5 rings (SSSR count). The lowest BCUT2D eigenvalue weighted by atomic mass is 9.97. The smallest absolute Gasteiger partial charge is 0.255 e. The average molecular weight is 444 g/mol. The second-order valence-electron chi connectivity index (χ2n) is 8.86. The normalized spacial score (nSPS) is 18.4. The Bertz CT molecular complexity index is 1270. The Morgan fingerprint density at radius 3 is 2.62 bits per heavy atom. The molecular formula is C27H26ClN3O. The van der Waals surface area contributed by atoms with Crippen molar-refractivity contribution < 1.29 is 4.79 Å². The van der Waals surface area contributed by atoms with E-state index in [0.717, 1.165) is 45.5 Å². The van der Waals surface area contributed by atoms with Crippen molar-refractivity contribution in [1.29, 1.82) is 0 Å². The molecule has 0 unspecified atom stereocenters. The van der Waals surface area contributed by atoms with Gasteiger partial charge in [0.25, 0.3) is 5.91 Å². The summed E-state index contributed by atoms with van der Waals surface area (Å²) in [5.74, 6) is 1.18. The Kier molecular flexibility index (Phi) is 5.26. The number of benzene rings is 3. The average Bonchev–Trinajstić information content (AvgIpc) is 3.36. The largest absolute Gasteiger partial charge is 0.340 e. The maximum absolute atomic E-state index is 13.8. The molecule has 5 heteroatoms. The van der Waals surface area contributed by atoms with Crippen molar-refractivity contribution in [3.05, 3.63) is 88.2 Å². The van der Waals surface area contributed by atoms with Gasteiger partial charge in [-0.1, -0.05) is 66.6 Å². The molecule has 3 aromatic carbocycles. The van der Waals surface area contributed by atoms with E-state index < -0.39 is 0 Å². The fraction of sp³-hybridized carbons (Fsp3) is 0.259. The second kappa shape index (κ2) is 8.10. The summed E-state index contributed by atoms with van der Waals surface area (Å²) in [6.45, 7) is 6.95. The number of aromatic nitrogens is 2. The van der Waals surface area contributed by atoms with Crippen LogP contribution in [0.1, 0.15) is 46.7 Å². The molecule has 1 saturated heterocycles. The van der Waals surface area contributed by atoms with E-state index in [9.17, 15) is 4.79 Å². The van der Waals surface area contributed by atoms with E-state index in [1.165, 1.54) is 5.56 Å². The molecule has 32 heavy (non-hydrogen) atoms. The van der Waals surface area contributed by atoms with Crippen LogP contribution in [0.3, 0.4) is 0 Å². The Hall–Kier alpha value is -3.11. The lowest BCUT2D eigenvalue weighted by Crippen LogP contribution is -2.32. The quantitative estimate of drug-likeness (QED) is 0.382. The topological polar surface area (TPSA) is 49.0 Å². The van der Waals surface area contributed by atoms with Gasteiger partial charge in [0, 0.05) is 17.1 Å². The Balaban J connectivity index is 1.54. The molecule has 0 spiro atoms. The van der Waals surface area contributed by atoms with Crippen molar-refractivity contribution in [2.45, 2.75) is 33.2 Å². The summed E-state index contributed by atoms with van der Waals surface area (Å²) >= 11 is 6.31. The zero-order valence-corrected chi connectivity index (χ0v) is 19.3. The Morgan fingerprint density at radius 1 is 1.09 bits per heavy atom. The molecule has 2 heterocycles. The number of halogens is 1. The first-order valence-electron chi connectivity index (χ1n) is 11.0.